The molecule has 1 rings (SSSR count). The zero-order valence-electron chi connectivity index (χ0n) is 8.88. The number of hydrogen-bond acceptors (Lipinski definition) is 4. The molecule has 0 spiro atoms. The first kappa shape index (κ1) is 12.7. The Balaban J connectivity index is 2.86. The Morgan fingerprint density at radius 3 is 2.44 bits per heavy atom. The number of benzene rings is 1. The van der Waals surface area contributed by atoms with Crippen molar-refractivity contribution in [3.05, 3.63) is 30.3 Å². The van der Waals surface area contributed by atoms with E-state index in [1.54, 1.807) is 25.1 Å². The minimum absolute atomic E-state index is 0.0478. The molecule has 0 saturated carbocycles. The molecule has 0 aromatic heterocycles. The molecule has 0 aliphatic carbocycles. The molecular weight excluding hydrogens is 228 g/mol. The van der Waals surface area contributed by atoms with E-state index in [2.05, 4.69) is 0 Å². The first-order chi connectivity index (χ1) is 7.47. The Labute approximate surface area is 94.7 Å². The van der Waals surface area contributed by atoms with Gasteiger partial charge in [0, 0.05) is 0 Å². The van der Waals surface area contributed by atoms with E-state index in [-0.39, 0.29) is 4.90 Å². The van der Waals surface area contributed by atoms with Crippen LogP contribution in [0.25, 0.3) is 0 Å². The molecule has 5 nitrogen and oxygen atoms in total. The van der Waals surface area contributed by atoms with Crippen LogP contribution in [0.3, 0.4) is 0 Å². The lowest BCUT2D eigenvalue weighted by molar-refractivity contribution is -0.120. The quantitative estimate of drug-likeness (QED) is 0.791. The first-order valence-corrected chi connectivity index (χ1v) is 6.33. The van der Waals surface area contributed by atoms with Crippen molar-refractivity contribution in [1.82, 2.24) is 4.72 Å². The van der Waals surface area contributed by atoms with Gasteiger partial charge in [0.15, 0.2) is 0 Å². The van der Waals surface area contributed by atoms with Gasteiger partial charge in [-0.1, -0.05) is 25.1 Å². The molecule has 1 aromatic rings. The minimum atomic E-state index is -3.79. The Bertz CT molecular complexity index is 456. The zero-order valence-corrected chi connectivity index (χ0v) is 9.70. The van der Waals surface area contributed by atoms with E-state index in [1.165, 1.54) is 12.1 Å². The second-order valence-electron chi connectivity index (χ2n) is 3.30. The average Bonchev–Trinajstić information content (AvgIpc) is 2.28. The van der Waals surface area contributed by atoms with Crippen molar-refractivity contribution in [2.45, 2.75) is 24.3 Å². The number of amides is 1. The van der Waals surface area contributed by atoms with Crippen molar-refractivity contribution in [2.24, 2.45) is 5.73 Å². The third-order valence-electron chi connectivity index (χ3n) is 2.07. The summed E-state index contributed by atoms with van der Waals surface area (Å²) in [5.41, 5.74) is 5.43. The summed E-state index contributed by atoms with van der Waals surface area (Å²) in [6.45, 7) is 1.71. The standard InChI is InChI=1S/C10H14N2O3S/c1-2-9(11)10(13)12-16(14,15)8-6-4-3-5-7-8/h3-7,9H,2,11H2,1H3,(H,12,13)/t9-/m0/s1. The number of nitrogens with two attached hydrogens (primary N) is 1. The summed E-state index contributed by atoms with van der Waals surface area (Å²) < 4.78 is 25.3. The molecule has 0 fully saturated rings. The van der Waals surface area contributed by atoms with Crippen LogP contribution in [-0.2, 0) is 14.8 Å². The minimum Gasteiger partial charge on any atom is -0.320 e. The van der Waals surface area contributed by atoms with Gasteiger partial charge >= 0.3 is 0 Å². The summed E-state index contributed by atoms with van der Waals surface area (Å²) in [5, 5.41) is 0. The molecule has 1 amide bonds. The molecule has 1 aromatic carbocycles. The molecule has 88 valence electrons. The fourth-order valence-corrected chi connectivity index (χ4v) is 2.10. The monoisotopic (exact) mass is 242 g/mol. The van der Waals surface area contributed by atoms with Crippen LogP contribution in [0.15, 0.2) is 35.2 Å². The van der Waals surface area contributed by atoms with E-state index in [4.69, 9.17) is 5.73 Å². The van der Waals surface area contributed by atoms with Gasteiger partial charge in [0.1, 0.15) is 0 Å². The second kappa shape index (κ2) is 5.09. The van der Waals surface area contributed by atoms with E-state index in [9.17, 15) is 13.2 Å². The lowest BCUT2D eigenvalue weighted by Crippen LogP contribution is -2.42. The van der Waals surface area contributed by atoms with E-state index in [0.29, 0.717) is 6.42 Å². The fraction of sp³-hybridized carbons (Fsp3) is 0.300. The highest BCUT2D eigenvalue weighted by Gasteiger charge is 2.20. The molecule has 0 unspecified atom stereocenters. The topological polar surface area (TPSA) is 89.3 Å². The summed E-state index contributed by atoms with van der Waals surface area (Å²) in [5.74, 6) is -0.689. The van der Waals surface area contributed by atoms with Gasteiger partial charge in [-0.2, -0.15) is 0 Å². The van der Waals surface area contributed by atoms with Gasteiger partial charge in [-0.3, -0.25) is 4.79 Å². The summed E-state index contributed by atoms with van der Waals surface area (Å²) in [6, 6.07) is 6.87. The lowest BCUT2D eigenvalue weighted by atomic mass is 10.2. The van der Waals surface area contributed by atoms with Crippen molar-refractivity contribution in [2.75, 3.05) is 0 Å². The van der Waals surface area contributed by atoms with Crippen molar-refractivity contribution in [3.8, 4) is 0 Å². The normalized spacial score (nSPS) is 13.1. The SMILES string of the molecule is CC[C@H](N)C(=O)NS(=O)(=O)c1ccccc1. The van der Waals surface area contributed by atoms with Crippen LogP contribution in [0.4, 0.5) is 0 Å². The molecule has 0 bridgehead atoms. The maximum Gasteiger partial charge on any atom is 0.264 e. The number of carbonyl (C=O) groups is 1. The molecule has 0 radical (unpaired) electrons. The molecular formula is C10H14N2O3S. The van der Waals surface area contributed by atoms with Gasteiger partial charge < -0.3 is 5.73 Å². The molecule has 0 aliphatic rings. The van der Waals surface area contributed by atoms with Crippen LogP contribution in [0, 0.1) is 0 Å². The van der Waals surface area contributed by atoms with Gasteiger partial charge in [0.25, 0.3) is 15.9 Å². The van der Waals surface area contributed by atoms with E-state index in [1.807, 2.05) is 4.72 Å². The molecule has 0 saturated heterocycles. The Morgan fingerprint density at radius 1 is 1.38 bits per heavy atom. The number of sulfonamides is 1. The summed E-state index contributed by atoms with van der Waals surface area (Å²) in [4.78, 5) is 11.4. The predicted molar refractivity (Wildman–Crippen MR) is 60.0 cm³/mol. The molecule has 3 N–H and O–H groups in total. The van der Waals surface area contributed by atoms with Gasteiger partial charge in [-0.05, 0) is 18.6 Å². The largest absolute Gasteiger partial charge is 0.320 e. The van der Waals surface area contributed by atoms with E-state index >= 15 is 0 Å². The fourth-order valence-electron chi connectivity index (χ4n) is 1.05. The first-order valence-electron chi connectivity index (χ1n) is 4.84. The van der Waals surface area contributed by atoms with Crippen molar-refractivity contribution < 1.29 is 13.2 Å². The summed E-state index contributed by atoms with van der Waals surface area (Å²) in [7, 11) is -3.79. The van der Waals surface area contributed by atoms with Crippen LogP contribution in [0.2, 0.25) is 0 Å². The zero-order chi connectivity index (χ0) is 12.2. The molecule has 0 aliphatic heterocycles. The maximum atomic E-state index is 11.7. The van der Waals surface area contributed by atoms with E-state index < -0.39 is 22.0 Å². The third kappa shape index (κ3) is 3.04. The predicted octanol–water partition coefficient (Wildman–Crippen LogP) is 0.229. The van der Waals surface area contributed by atoms with Crippen LogP contribution >= 0.6 is 0 Å². The number of hydrogen-bond donors (Lipinski definition) is 2. The average molecular weight is 242 g/mol. The van der Waals surface area contributed by atoms with Crippen LogP contribution < -0.4 is 10.5 Å². The molecule has 16 heavy (non-hydrogen) atoms. The van der Waals surface area contributed by atoms with Gasteiger partial charge in [0.2, 0.25) is 0 Å². The van der Waals surface area contributed by atoms with Crippen LogP contribution in [0.5, 0.6) is 0 Å². The highest BCUT2D eigenvalue weighted by Crippen LogP contribution is 2.07. The number of carbonyl (C=O) groups excluding carboxylic acids is 1. The van der Waals surface area contributed by atoms with E-state index in [0.717, 1.165) is 0 Å². The Morgan fingerprint density at radius 2 is 1.94 bits per heavy atom. The van der Waals surface area contributed by atoms with Crippen molar-refractivity contribution in [1.29, 1.82) is 0 Å². The smallest absolute Gasteiger partial charge is 0.264 e. The van der Waals surface area contributed by atoms with Gasteiger partial charge in [-0.25, -0.2) is 13.1 Å². The molecule has 0 heterocycles. The van der Waals surface area contributed by atoms with Crippen LogP contribution in [-0.4, -0.2) is 20.4 Å². The Kier molecular flexibility index (Phi) is 4.03. The lowest BCUT2D eigenvalue weighted by Gasteiger charge is -2.10. The number of nitrogens with one attached hydrogen (secondary N) is 1. The highest BCUT2D eigenvalue weighted by atomic mass is 32.2. The van der Waals surface area contributed by atoms with Gasteiger partial charge in [0.05, 0.1) is 10.9 Å². The van der Waals surface area contributed by atoms with Crippen molar-refractivity contribution >= 4 is 15.9 Å². The maximum absolute atomic E-state index is 11.7. The highest BCUT2D eigenvalue weighted by molar-refractivity contribution is 7.90. The van der Waals surface area contributed by atoms with Crippen LogP contribution in [0.1, 0.15) is 13.3 Å². The van der Waals surface area contributed by atoms with Gasteiger partial charge in [-0.15, -0.1) is 0 Å². The summed E-state index contributed by atoms with van der Waals surface area (Å²) in [6.07, 6.45) is 0.385. The third-order valence-corrected chi connectivity index (χ3v) is 3.43. The summed E-state index contributed by atoms with van der Waals surface area (Å²) >= 11 is 0. The number of rotatable bonds is 4. The Hall–Kier alpha value is -1.40. The molecule has 6 heteroatoms. The van der Waals surface area contributed by atoms with Crippen molar-refractivity contribution in [3.63, 3.8) is 0 Å². The molecule has 1 atom stereocenters. The second-order valence-corrected chi connectivity index (χ2v) is 4.98.